The zero-order chi connectivity index (χ0) is 24.0. The molecule has 2 aromatic heterocycles. The van der Waals surface area contributed by atoms with E-state index in [0.29, 0.717) is 25.2 Å². The Labute approximate surface area is 204 Å². The number of fused-ring (bicyclic) bond motifs is 2. The first-order valence-corrected chi connectivity index (χ1v) is 11.7. The van der Waals surface area contributed by atoms with Crippen molar-refractivity contribution >= 4 is 49.5 Å². The standard InChI is InChI=1S/C26H23BrN2O5/c1-28-14-18(17-6-3-4-7-19(17)28)23-22(25(31)26(32)29(23)10-5-11-33-2)24(30)21-13-15-12-16(27)8-9-20(15)34-21/h3-4,6-9,12-14,23,31H,5,10-11H2,1-2H3. The largest absolute Gasteiger partial charge is 0.503 e. The lowest BCUT2D eigenvalue weighted by molar-refractivity contribution is -0.129. The van der Waals surface area contributed by atoms with Gasteiger partial charge in [0.1, 0.15) is 5.58 Å². The number of furan rings is 1. The number of aliphatic hydroxyl groups excluding tert-OH is 1. The molecule has 0 radical (unpaired) electrons. The number of hydrogen-bond donors (Lipinski definition) is 1. The van der Waals surface area contributed by atoms with E-state index in [9.17, 15) is 14.7 Å². The van der Waals surface area contributed by atoms with Gasteiger partial charge in [-0.25, -0.2) is 0 Å². The normalized spacial score (nSPS) is 16.4. The molecule has 0 saturated carbocycles. The van der Waals surface area contributed by atoms with Gasteiger partial charge in [-0.05, 0) is 36.8 Å². The van der Waals surface area contributed by atoms with Crippen molar-refractivity contribution < 1.29 is 23.8 Å². The van der Waals surface area contributed by atoms with E-state index in [1.165, 1.54) is 0 Å². The second-order valence-corrected chi connectivity index (χ2v) is 9.26. The summed E-state index contributed by atoms with van der Waals surface area (Å²) in [6, 6.07) is 14.1. The Hall–Kier alpha value is -3.36. The maximum Gasteiger partial charge on any atom is 0.290 e. The van der Waals surface area contributed by atoms with Crippen LogP contribution in [0.1, 0.15) is 28.6 Å². The number of benzene rings is 2. The van der Waals surface area contributed by atoms with Crippen molar-refractivity contribution in [2.45, 2.75) is 12.5 Å². The minimum atomic E-state index is -0.747. The molecule has 0 spiro atoms. The van der Waals surface area contributed by atoms with Crippen LogP contribution < -0.4 is 0 Å². The summed E-state index contributed by atoms with van der Waals surface area (Å²) in [5, 5.41) is 12.6. The van der Waals surface area contributed by atoms with Crippen molar-refractivity contribution in [2.24, 2.45) is 7.05 Å². The van der Waals surface area contributed by atoms with Crippen molar-refractivity contribution in [3.63, 3.8) is 0 Å². The van der Waals surface area contributed by atoms with E-state index < -0.39 is 23.5 Å². The Morgan fingerprint density at radius 2 is 2.00 bits per heavy atom. The van der Waals surface area contributed by atoms with Crippen LogP contribution >= 0.6 is 15.9 Å². The molecule has 174 valence electrons. The molecule has 7 nitrogen and oxygen atoms in total. The number of halogens is 1. The number of para-hydroxylation sites is 1. The van der Waals surface area contributed by atoms with Gasteiger partial charge >= 0.3 is 0 Å². The summed E-state index contributed by atoms with van der Waals surface area (Å²) in [7, 11) is 3.51. The molecule has 1 aliphatic heterocycles. The molecule has 34 heavy (non-hydrogen) atoms. The number of Topliss-reactive ketones (excluding diaryl/α,β-unsaturated/α-hetero) is 1. The van der Waals surface area contributed by atoms with Crippen molar-refractivity contribution in [3.05, 3.63) is 81.9 Å². The first kappa shape index (κ1) is 22.4. The van der Waals surface area contributed by atoms with E-state index >= 15 is 0 Å². The highest BCUT2D eigenvalue weighted by Gasteiger charge is 2.45. The number of rotatable bonds is 7. The first-order chi connectivity index (χ1) is 16.4. The fraction of sp³-hybridized carbons (Fsp3) is 0.231. The van der Waals surface area contributed by atoms with Gasteiger partial charge in [-0.3, -0.25) is 9.59 Å². The van der Waals surface area contributed by atoms with Crippen LogP contribution in [0.5, 0.6) is 0 Å². The fourth-order valence-electron chi connectivity index (χ4n) is 4.67. The van der Waals surface area contributed by atoms with Crippen molar-refractivity contribution in [1.29, 1.82) is 0 Å². The lowest BCUT2D eigenvalue weighted by Crippen LogP contribution is -2.32. The van der Waals surface area contributed by atoms with Gasteiger partial charge in [0.2, 0.25) is 5.78 Å². The molecule has 0 saturated heterocycles. The molecule has 1 amide bonds. The summed E-state index contributed by atoms with van der Waals surface area (Å²) in [6.45, 7) is 0.781. The average Bonchev–Trinajstić information content (AvgIpc) is 3.47. The number of amides is 1. The van der Waals surface area contributed by atoms with E-state index in [0.717, 1.165) is 26.3 Å². The predicted octanol–water partition coefficient (Wildman–Crippen LogP) is 5.30. The van der Waals surface area contributed by atoms with Gasteiger partial charge < -0.3 is 23.7 Å². The highest BCUT2D eigenvalue weighted by Crippen LogP contribution is 2.42. The molecule has 0 bridgehead atoms. The smallest absolute Gasteiger partial charge is 0.290 e. The first-order valence-electron chi connectivity index (χ1n) is 10.9. The number of aromatic nitrogens is 1. The van der Waals surface area contributed by atoms with Gasteiger partial charge in [-0.15, -0.1) is 0 Å². The van der Waals surface area contributed by atoms with Crippen LogP contribution in [-0.2, 0) is 16.6 Å². The molecule has 2 aromatic carbocycles. The fourth-order valence-corrected chi connectivity index (χ4v) is 5.05. The number of aryl methyl sites for hydroxylation is 1. The van der Waals surface area contributed by atoms with E-state index in [1.54, 1.807) is 24.1 Å². The zero-order valence-electron chi connectivity index (χ0n) is 18.7. The SMILES string of the molecule is COCCCN1C(=O)C(O)=C(C(=O)c2cc3cc(Br)ccc3o2)C1c1cn(C)c2ccccc12. The number of nitrogens with zero attached hydrogens (tertiary/aromatic N) is 2. The molecule has 1 atom stereocenters. The highest BCUT2D eigenvalue weighted by molar-refractivity contribution is 9.10. The Bertz CT molecular complexity index is 1460. The maximum absolute atomic E-state index is 13.7. The highest BCUT2D eigenvalue weighted by atomic mass is 79.9. The Kier molecular flexibility index (Phi) is 5.79. The van der Waals surface area contributed by atoms with Crippen molar-refractivity contribution in [2.75, 3.05) is 20.3 Å². The quantitative estimate of drug-likeness (QED) is 0.263. The predicted molar refractivity (Wildman–Crippen MR) is 132 cm³/mol. The molecule has 0 aliphatic carbocycles. The van der Waals surface area contributed by atoms with Crippen LogP contribution in [0.25, 0.3) is 21.9 Å². The van der Waals surface area contributed by atoms with Crippen LogP contribution in [0.3, 0.4) is 0 Å². The molecule has 1 unspecified atom stereocenters. The van der Waals surface area contributed by atoms with Gasteiger partial charge in [0, 0.05) is 59.8 Å². The second-order valence-electron chi connectivity index (χ2n) is 8.34. The number of aliphatic hydroxyl groups is 1. The van der Waals surface area contributed by atoms with E-state index in [2.05, 4.69) is 15.9 Å². The molecule has 0 fully saturated rings. The monoisotopic (exact) mass is 522 g/mol. The van der Waals surface area contributed by atoms with Gasteiger partial charge in [0.05, 0.1) is 11.6 Å². The van der Waals surface area contributed by atoms with Gasteiger partial charge in [0.25, 0.3) is 5.91 Å². The Morgan fingerprint density at radius 3 is 2.79 bits per heavy atom. The van der Waals surface area contributed by atoms with Crippen LogP contribution in [0.2, 0.25) is 0 Å². The lowest BCUT2D eigenvalue weighted by atomic mass is 9.94. The van der Waals surface area contributed by atoms with Crippen molar-refractivity contribution in [1.82, 2.24) is 9.47 Å². The average molecular weight is 523 g/mol. The van der Waals surface area contributed by atoms with Crippen LogP contribution in [0.4, 0.5) is 0 Å². The minimum absolute atomic E-state index is 0.0249. The molecule has 8 heteroatoms. The van der Waals surface area contributed by atoms with Crippen LogP contribution in [-0.4, -0.2) is 46.5 Å². The summed E-state index contributed by atoms with van der Waals surface area (Å²) in [5.41, 5.74) is 2.32. The third-order valence-corrected chi connectivity index (χ3v) is 6.71. The zero-order valence-corrected chi connectivity index (χ0v) is 20.3. The third kappa shape index (κ3) is 3.63. The van der Waals surface area contributed by atoms with Gasteiger partial charge in [0.15, 0.2) is 11.5 Å². The Morgan fingerprint density at radius 1 is 1.21 bits per heavy atom. The molecule has 5 rings (SSSR count). The number of ether oxygens (including phenoxy) is 1. The lowest BCUT2D eigenvalue weighted by Gasteiger charge is -2.26. The molecule has 3 heterocycles. The van der Waals surface area contributed by atoms with Crippen LogP contribution in [0.15, 0.2) is 74.9 Å². The van der Waals surface area contributed by atoms with E-state index in [-0.39, 0.29) is 11.3 Å². The summed E-state index contributed by atoms with van der Waals surface area (Å²) >= 11 is 3.43. The summed E-state index contributed by atoms with van der Waals surface area (Å²) in [4.78, 5) is 28.4. The molecule has 1 N–H and O–H groups in total. The van der Waals surface area contributed by atoms with Crippen molar-refractivity contribution in [3.8, 4) is 0 Å². The van der Waals surface area contributed by atoms with Crippen LogP contribution in [0, 0.1) is 0 Å². The minimum Gasteiger partial charge on any atom is -0.503 e. The summed E-state index contributed by atoms with van der Waals surface area (Å²) in [6.07, 6.45) is 2.48. The third-order valence-electron chi connectivity index (χ3n) is 6.22. The number of carbonyl (C=O) groups is 2. The molecule has 4 aromatic rings. The molecule has 1 aliphatic rings. The molecular weight excluding hydrogens is 500 g/mol. The number of methoxy groups -OCH3 is 1. The van der Waals surface area contributed by atoms with Gasteiger partial charge in [-0.1, -0.05) is 34.1 Å². The van der Waals surface area contributed by atoms with Gasteiger partial charge in [-0.2, -0.15) is 0 Å². The van der Waals surface area contributed by atoms with E-state index in [4.69, 9.17) is 9.15 Å². The summed E-state index contributed by atoms with van der Waals surface area (Å²) < 4.78 is 13.8. The second kappa shape index (κ2) is 8.77. The molecular formula is C26H23BrN2O5. The topological polar surface area (TPSA) is 84.9 Å². The number of hydrogen-bond acceptors (Lipinski definition) is 5. The maximum atomic E-state index is 13.7. The van der Waals surface area contributed by atoms with E-state index in [1.807, 2.05) is 54.2 Å². The number of carbonyl (C=O) groups excluding carboxylic acids is 2. The Balaban J connectivity index is 1.64. The number of ketones is 1. The summed E-state index contributed by atoms with van der Waals surface area (Å²) in [5.74, 6) is -1.55.